The molecule has 1 aromatic heterocycles. The lowest BCUT2D eigenvalue weighted by atomic mass is 10.0. The molecule has 1 unspecified atom stereocenters. The molecule has 1 aliphatic carbocycles. The van der Waals surface area contributed by atoms with Gasteiger partial charge >= 0.3 is 5.97 Å². The SMILES string of the molecule is COC(=O)C1(C(=O)NC(C)c2ccc(-n3cc(C)cn3)c(F)c2)CC1. The molecule has 0 bridgehead atoms. The summed E-state index contributed by atoms with van der Waals surface area (Å²) in [4.78, 5) is 24.1. The van der Waals surface area contributed by atoms with Crippen molar-refractivity contribution in [2.24, 2.45) is 5.41 Å². The van der Waals surface area contributed by atoms with Gasteiger partial charge in [-0.1, -0.05) is 6.07 Å². The molecule has 1 fully saturated rings. The fourth-order valence-electron chi connectivity index (χ4n) is 2.79. The Morgan fingerprint density at radius 3 is 2.64 bits per heavy atom. The van der Waals surface area contributed by atoms with Gasteiger partial charge in [0.15, 0.2) is 0 Å². The van der Waals surface area contributed by atoms with E-state index in [1.807, 2.05) is 6.92 Å². The highest BCUT2D eigenvalue weighted by Crippen LogP contribution is 2.47. The first kappa shape index (κ1) is 17.1. The van der Waals surface area contributed by atoms with Crippen molar-refractivity contribution >= 4 is 11.9 Å². The molecular weight excluding hydrogens is 325 g/mol. The van der Waals surface area contributed by atoms with Gasteiger partial charge < -0.3 is 10.1 Å². The van der Waals surface area contributed by atoms with Crippen molar-refractivity contribution in [2.75, 3.05) is 7.11 Å². The number of esters is 1. The number of methoxy groups -OCH3 is 1. The Bertz CT molecular complexity index is 827. The monoisotopic (exact) mass is 345 g/mol. The van der Waals surface area contributed by atoms with Crippen molar-refractivity contribution < 1.29 is 18.7 Å². The van der Waals surface area contributed by atoms with Crippen molar-refractivity contribution in [3.05, 3.63) is 47.5 Å². The lowest BCUT2D eigenvalue weighted by molar-refractivity contribution is -0.152. The quantitative estimate of drug-likeness (QED) is 0.667. The maximum absolute atomic E-state index is 14.4. The summed E-state index contributed by atoms with van der Waals surface area (Å²) >= 11 is 0. The highest BCUT2D eigenvalue weighted by Gasteiger charge is 2.58. The Morgan fingerprint density at radius 2 is 2.12 bits per heavy atom. The van der Waals surface area contributed by atoms with E-state index in [9.17, 15) is 14.0 Å². The molecule has 132 valence electrons. The van der Waals surface area contributed by atoms with Crippen molar-refractivity contribution in [1.29, 1.82) is 0 Å². The number of nitrogens with zero attached hydrogens (tertiary/aromatic N) is 2. The lowest BCUT2D eigenvalue weighted by Gasteiger charge is -2.19. The number of benzene rings is 1. The Kier molecular flexibility index (Phi) is 4.32. The molecule has 1 atom stereocenters. The van der Waals surface area contributed by atoms with Gasteiger partial charge in [0.05, 0.1) is 19.3 Å². The van der Waals surface area contributed by atoms with Gasteiger partial charge in [-0.15, -0.1) is 0 Å². The van der Waals surface area contributed by atoms with Crippen LogP contribution in [0, 0.1) is 18.2 Å². The zero-order chi connectivity index (χ0) is 18.2. The van der Waals surface area contributed by atoms with Crippen LogP contribution in [0.4, 0.5) is 4.39 Å². The van der Waals surface area contributed by atoms with Crippen LogP contribution in [-0.4, -0.2) is 28.8 Å². The van der Waals surface area contributed by atoms with Crippen LogP contribution in [0.15, 0.2) is 30.6 Å². The largest absolute Gasteiger partial charge is 0.468 e. The maximum Gasteiger partial charge on any atom is 0.321 e. The van der Waals surface area contributed by atoms with E-state index in [1.54, 1.807) is 31.5 Å². The van der Waals surface area contributed by atoms with Crippen LogP contribution in [0.5, 0.6) is 0 Å². The number of nitrogens with one attached hydrogen (secondary N) is 1. The van der Waals surface area contributed by atoms with Gasteiger partial charge in [0.2, 0.25) is 5.91 Å². The van der Waals surface area contributed by atoms with Crippen molar-refractivity contribution in [3.8, 4) is 5.69 Å². The Morgan fingerprint density at radius 1 is 1.40 bits per heavy atom. The number of rotatable bonds is 5. The predicted octanol–water partition coefficient (Wildman–Crippen LogP) is 2.45. The molecule has 7 heteroatoms. The third-order valence-electron chi connectivity index (χ3n) is 4.54. The first-order valence-electron chi connectivity index (χ1n) is 8.08. The number of carbonyl (C=O) groups is 2. The van der Waals surface area contributed by atoms with E-state index in [0.717, 1.165) is 5.56 Å². The third-order valence-corrected chi connectivity index (χ3v) is 4.54. The standard InChI is InChI=1S/C18H20FN3O3/c1-11-9-20-22(10-11)15-5-4-13(8-14(15)19)12(2)21-16(23)18(6-7-18)17(24)25-3/h4-5,8-10,12H,6-7H2,1-3H3,(H,21,23). The molecule has 1 amide bonds. The summed E-state index contributed by atoms with van der Waals surface area (Å²) in [5, 5.41) is 6.87. The topological polar surface area (TPSA) is 73.2 Å². The van der Waals surface area contributed by atoms with E-state index in [-0.39, 0.29) is 5.91 Å². The summed E-state index contributed by atoms with van der Waals surface area (Å²) in [6.07, 6.45) is 4.34. The summed E-state index contributed by atoms with van der Waals surface area (Å²) in [6.45, 7) is 3.63. The first-order chi connectivity index (χ1) is 11.9. The van der Waals surface area contributed by atoms with Gasteiger partial charge in [-0.05, 0) is 49.9 Å². The van der Waals surface area contributed by atoms with Gasteiger partial charge in [0.1, 0.15) is 16.9 Å². The van der Waals surface area contributed by atoms with Gasteiger partial charge in [-0.25, -0.2) is 9.07 Å². The van der Waals surface area contributed by atoms with Crippen LogP contribution in [0.25, 0.3) is 5.69 Å². The minimum absolute atomic E-state index is 0.337. The van der Waals surface area contributed by atoms with Gasteiger partial charge in [-0.2, -0.15) is 5.10 Å². The number of halogens is 1. The highest BCUT2D eigenvalue weighted by molar-refractivity contribution is 6.05. The second kappa shape index (κ2) is 6.31. The van der Waals surface area contributed by atoms with E-state index in [1.165, 1.54) is 17.9 Å². The normalized spacial score (nSPS) is 16.2. The minimum Gasteiger partial charge on any atom is -0.468 e. The Hall–Kier alpha value is -2.70. The average molecular weight is 345 g/mol. The van der Waals surface area contributed by atoms with Crippen LogP contribution in [0.2, 0.25) is 0 Å². The van der Waals surface area contributed by atoms with E-state index >= 15 is 0 Å². The zero-order valence-corrected chi connectivity index (χ0v) is 14.4. The predicted molar refractivity (Wildman–Crippen MR) is 88.5 cm³/mol. The molecular formula is C18H20FN3O3. The van der Waals surface area contributed by atoms with Gasteiger partial charge in [0.25, 0.3) is 0 Å². The van der Waals surface area contributed by atoms with Gasteiger partial charge in [-0.3, -0.25) is 9.59 Å². The number of ether oxygens (including phenoxy) is 1. The second-order valence-electron chi connectivity index (χ2n) is 6.44. The fraction of sp³-hybridized carbons (Fsp3) is 0.389. The zero-order valence-electron chi connectivity index (χ0n) is 14.4. The Balaban J connectivity index is 1.75. The number of hydrogen-bond donors (Lipinski definition) is 1. The molecule has 2 aromatic rings. The van der Waals surface area contributed by atoms with Crippen LogP contribution < -0.4 is 5.32 Å². The molecule has 0 saturated heterocycles. The van der Waals surface area contributed by atoms with Crippen LogP contribution >= 0.6 is 0 Å². The molecule has 6 nitrogen and oxygen atoms in total. The van der Waals surface area contributed by atoms with Crippen LogP contribution in [0.1, 0.15) is 36.9 Å². The molecule has 0 spiro atoms. The van der Waals surface area contributed by atoms with E-state index in [4.69, 9.17) is 4.74 Å². The number of carbonyl (C=O) groups excluding carboxylic acids is 2. The maximum atomic E-state index is 14.4. The van der Waals surface area contributed by atoms with E-state index in [0.29, 0.717) is 24.1 Å². The summed E-state index contributed by atoms with van der Waals surface area (Å²) < 4.78 is 20.6. The molecule has 25 heavy (non-hydrogen) atoms. The highest BCUT2D eigenvalue weighted by atomic mass is 19.1. The number of hydrogen-bond acceptors (Lipinski definition) is 4. The molecule has 1 saturated carbocycles. The molecule has 0 radical (unpaired) electrons. The minimum atomic E-state index is -1.08. The van der Waals surface area contributed by atoms with Crippen molar-refractivity contribution in [1.82, 2.24) is 15.1 Å². The van der Waals surface area contributed by atoms with Gasteiger partial charge in [0, 0.05) is 6.20 Å². The van der Waals surface area contributed by atoms with Crippen LogP contribution in [-0.2, 0) is 14.3 Å². The van der Waals surface area contributed by atoms with Crippen molar-refractivity contribution in [3.63, 3.8) is 0 Å². The molecule has 1 N–H and O–H groups in total. The Labute approximate surface area is 145 Å². The number of aromatic nitrogens is 2. The smallest absolute Gasteiger partial charge is 0.321 e. The third kappa shape index (κ3) is 3.14. The number of aryl methyl sites for hydroxylation is 1. The second-order valence-corrected chi connectivity index (χ2v) is 6.44. The molecule has 1 heterocycles. The van der Waals surface area contributed by atoms with Crippen LogP contribution in [0.3, 0.4) is 0 Å². The fourth-order valence-corrected chi connectivity index (χ4v) is 2.79. The summed E-state index contributed by atoms with van der Waals surface area (Å²) in [5.74, 6) is -1.33. The molecule has 0 aliphatic heterocycles. The molecule has 1 aliphatic rings. The molecule has 3 rings (SSSR count). The average Bonchev–Trinajstić information content (AvgIpc) is 3.30. The summed E-state index contributed by atoms with van der Waals surface area (Å²) in [6, 6.07) is 4.29. The van der Waals surface area contributed by atoms with E-state index in [2.05, 4.69) is 10.4 Å². The lowest BCUT2D eigenvalue weighted by Crippen LogP contribution is -2.39. The molecule has 1 aromatic carbocycles. The first-order valence-corrected chi connectivity index (χ1v) is 8.08. The summed E-state index contributed by atoms with van der Waals surface area (Å²) in [5.41, 5.74) is 0.804. The summed E-state index contributed by atoms with van der Waals surface area (Å²) in [7, 11) is 1.27. The van der Waals surface area contributed by atoms with E-state index < -0.39 is 23.2 Å². The van der Waals surface area contributed by atoms with Crippen molar-refractivity contribution in [2.45, 2.75) is 32.7 Å². The number of amides is 1.